The molecular formula is C18H17FN2O2. The second-order valence-corrected chi connectivity index (χ2v) is 5.15. The number of ether oxygens (including phenoxy) is 1. The summed E-state index contributed by atoms with van der Waals surface area (Å²) in [5.41, 5.74) is 0.803. The lowest BCUT2D eigenvalue weighted by Crippen LogP contribution is -2.37. The minimum absolute atomic E-state index is 0.152. The van der Waals surface area contributed by atoms with Crippen molar-refractivity contribution in [2.75, 3.05) is 7.05 Å². The van der Waals surface area contributed by atoms with Gasteiger partial charge in [0.2, 0.25) is 0 Å². The summed E-state index contributed by atoms with van der Waals surface area (Å²) in [6.07, 6.45) is -0.777. The maximum absolute atomic E-state index is 13.7. The van der Waals surface area contributed by atoms with Gasteiger partial charge in [-0.3, -0.25) is 4.79 Å². The van der Waals surface area contributed by atoms with Gasteiger partial charge in [-0.1, -0.05) is 30.3 Å². The molecule has 2 aromatic rings. The first-order valence-corrected chi connectivity index (χ1v) is 7.17. The van der Waals surface area contributed by atoms with Crippen LogP contribution in [-0.2, 0) is 11.3 Å². The van der Waals surface area contributed by atoms with Crippen LogP contribution in [0, 0.1) is 17.1 Å². The summed E-state index contributed by atoms with van der Waals surface area (Å²) in [6.45, 7) is 1.76. The van der Waals surface area contributed by atoms with Gasteiger partial charge in [0.25, 0.3) is 5.91 Å². The van der Waals surface area contributed by atoms with Crippen LogP contribution in [0.15, 0.2) is 48.5 Å². The highest BCUT2D eigenvalue weighted by Gasteiger charge is 2.21. The summed E-state index contributed by atoms with van der Waals surface area (Å²) < 4.78 is 19.2. The zero-order valence-electron chi connectivity index (χ0n) is 13.0. The monoisotopic (exact) mass is 312 g/mol. The molecule has 0 spiro atoms. The number of carbonyl (C=O) groups is 1. The molecule has 0 aromatic heterocycles. The van der Waals surface area contributed by atoms with Gasteiger partial charge in [0.1, 0.15) is 17.6 Å². The highest BCUT2D eigenvalue weighted by Crippen LogP contribution is 2.19. The van der Waals surface area contributed by atoms with Crippen molar-refractivity contribution < 1.29 is 13.9 Å². The fourth-order valence-electron chi connectivity index (χ4n) is 2.17. The minimum atomic E-state index is -0.777. The second kappa shape index (κ2) is 7.41. The van der Waals surface area contributed by atoms with Crippen LogP contribution in [0.2, 0.25) is 0 Å². The normalized spacial score (nSPS) is 11.4. The number of carbonyl (C=O) groups excluding carboxylic acids is 1. The molecule has 1 amide bonds. The summed E-state index contributed by atoms with van der Waals surface area (Å²) in [4.78, 5) is 13.8. The van der Waals surface area contributed by atoms with Crippen molar-refractivity contribution >= 4 is 5.91 Å². The standard InChI is InChI=1S/C18H17FN2O2/c1-13(23-17-10-6-4-7-14(17)11-20)18(22)21(2)12-15-8-3-5-9-16(15)19/h3-10,13H,12H2,1-2H3/t13-/m0/s1. The molecule has 23 heavy (non-hydrogen) atoms. The lowest BCUT2D eigenvalue weighted by atomic mass is 10.2. The SMILES string of the molecule is C[C@H](Oc1ccccc1C#N)C(=O)N(C)Cc1ccccc1F. The number of benzene rings is 2. The lowest BCUT2D eigenvalue weighted by Gasteiger charge is -2.22. The molecule has 0 fully saturated rings. The van der Waals surface area contributed by atoms with E-state index in [1.807, 2.05) is 6.07 Å². The van der Waals surface area contributed by atoms with Gasteiger partial charge in [-0.25, -0.2) is 4.39 Å². The van der Waals surface area contributed by atoms with Gasteiger partial charge in [0.15, 0.2) is 6.10 Å². The molecule has 0 bridgehead atoms. The first kappa shape index (κ1) is 16.5. The van der Waals surface area contributed by atoms with Gasteiger partial charge in [-0.05, 0) is 25.1 Å². The van der Waals surface area contributed by atoms with Gasteiger partial charge in [-0.15, -0.1) is 0 Å². The van der Waals surface area contributed by atoms with Gasteiger partial charge in [-0.2, -0.15) is 5.26 Å². The number of nitriles is 1. The van der Waals surface area contributed by atoms with E-state index >= 15 is 0 Å². The molecule has 0 saturated carbocycles. The van der Waals surface area contributed by atoms with Gasteiger partial charge >= 0.3 is 0 Å². The lowest BCUT2D eigenvalue weighted by molar-refractivity contribution is -0.137. The van der Waals surface area contributed by atoms with Gasteiger partial charge in [0.05, 0.1) is 5.56 Å². The van der Waals surface area contributed by atoms with Crippen LogP contribution in [-0.4, -0.2) is 24.0 Å². The van der Waals surface area contributed by atoms with Crippen LogP contribution in [0.1, 0.15) is 18.1 Å². The van der Waals surface area contributed by atoms with E-state index in [9.17, 15) is 9.18 Å². The number of halogens is 1. The van der Waals surface area contributed by atoms with Crippen molar-refractivity contribution in [3.8, 4) is 11.8 Å². The van der Waals surface area contributed by atoms with Crippen molar-refractivity contribution in [1.82, 2.24) is 4.90 Å². The number of hydrogen-bond donors (Lipinski definition) is 0. The first-order valence-electron chi connectivity index (χ1n) is 7.17. The zero-order chi connectivity index (χ0) is 16.8. The van der Waals surface area contributed by atoms with Crippen LogP contribution in [0.5, 0.6) is 5.75 Å². The Bertz CT molecular complexity index is 740. The van der Waals surface area contributed by atoms with E-state index in [2.05, 4.69) is 0 Å². The van der Waals surface area contributed by atoms with Gasteiger partial charge < -0.3 is 9.64 Å². The maximum Gasteiger partial charge on any atom is 0.263 e. The van der Waals surface area contributed by atoms with Crippen molar-refractivity contribution in [3.05, 3.63) is 65.5 Å². The first-order chi connectivity index (χ1) is 11.0. The number of nitrogens with zero attached hydrogens (tertiary/aromatic N) is 2. The third kappa shape index (κ3) is 4.07. The molecule has 118 valence electrons. The molecule has 0 N–H and O–H groups in total. The third-order valence-electron chi connectivity index (χ3n) is 3.40. The predicted octanol–water partition coefficient (Wildman–Crippen LogP) is 3.12. The summed E-state index contributed by atoms with van der Waals surface area (Å²) in [5, 5.41) is 9.04. The van der Waals surface area contributed by atoms with E-state index in [0.717, 1.165) is 0 Å². The highest BCUT2D eigenvalue weighted by molar-refractivity contribution is 5.80. The van der Waals surface area contributed by atoms with E-state index in [-0.39, 0.29) is 18.3 Å². The van der Waals surface area contributed by atoms with Crippen LogP contribution in [0.4, 0.5) is 4.39 Å². The number of rotatable bonds is 5. The number of amides is 1. The summed E-state index contributed by atoms with van der Waals surface area (Å²) in [6, 6.07) is 15.0. The van der Waals surface area contributed by atoms with Crippen molar-refractivity contribution in [2.24, 2.45) is 0 Å². The average molecular weight is 312 g/mol. The topological polar surface area (TPSA) is 53.3 Å². The fourth-order valence-corrected chi connectivity index (χ4v) is 2.17. The molecule has 5 heteroatoms. The molecule has 0 aliphatic rings. The molecule has 2 aromatic carbocycles. The van der Waals surface area contributed by atoms with Crippen molar-refractivity contribution in [3.63, 3.8) is 0 Å². The van der Waals surface area contributed by atoms with Crippen LogP contribution in [0.3, 0.4) is 0 Å². The Labute approximate surface area is 134 Å². The molecule has 0 aliphatic carbocycles. The maximum atomic E-state index is 13.7. The molecule has 0 heterocycles. The second-order valence-electron chi connectivity index (χ2n) is 5.15. The summed E-state index contributed by atoms with van der Waals surface area (Å²) >= 11 is 0. The Balaban J connectivity index is 2.04. The Morgan fingerprint density at radius 1 is 1.26 bits per heavy atom. The van der Waals surface area contributed by atoms with Crippen LogP contribution < -0.4 is 4.74 Å². The average Bonchev–Trinajstić information content (AvgIpc) is 2.56. The minimum Gasteiger partial charge on any atom is -0.480 e. The Morgan fingerprint density at radius 2 is 1.91 bits per heavy atom. The summed E-state index contributed by atoms with van der Waals surface area (Å²) in [5.74, 6) is -0.285. The smallest absolute Gasteiger partial charge is 0.263 e. The Kier molecular flexibility index (Phi) is 5.32. The predicted molar refractivity (Wildman–Crippen MR) is 84.1 cm³/mol. The Hall–Kier alpha value is -2.87. The molecule has 0 unspecified atom stereocenters. The quantitative estimate of drug-likeness (QED) is 0.852. The van der Waals surface area contributed by atoms with Crippen LogP contribution in [0.25, 0.3) is 0 Å². The largest absolute Gasteiger partial charge is 0.480 e. The molecular weight excluding hydrogens is 295 g/mol. The zero-order valence-corrected chi connectivity index (χ0v) is 13.0. The molecule has 4 nitrogen and oxygen atoms in total. The van der Waals surface area contributed by atoms with Crippen molar-refractivity contribution in [1.29, 1.82) is 5.26 Å². The Morgan fingerprint density at radius 3 is 2.61 bits per heavy atom. The van der Waals surface area contributed by atoms with Crippen molar-refractivity contribution in [2.45, 2.75) is 19.6 Å². The molecule has 0 saturated heterocycles. The van der Waals surface area contributed by atoms with E-state index in [0.29, 0.717) is 16.9 Å². The van der Waals surface area contributed by atoms with E-state index in [1.165, 1.54) is 11.0 Å². The molecule has 0 radical (unpaired) electrons. The number of likely N-dealkylation sites (N-methyl/N-ethyl adjacent to an activating group) is 1. The molecule has 2 rings (SSSR count). The van der Waals surface area contributed by atoms with E-state index < -0.39 is 6.10 Å². The highest BCUT2D eigenvalue weighted by atomic mass is 19.1. The third-order valence-corrected chi connectivity index (χ3v) is 3.40. The summed E-state index contributed by atoms with van der Waals surface area (Å²) in [7, 11) is 1.59. The number of para-hydroxylation sites is 1. The van der Waals surface area contributed by atoms with Crippen LogP contribution >= 0.6 is 0 Å². The number of hydrogen-bond acceptors (Lipinski definition) is 3. The molecule has 1 atom stereocenters. The fraction of sp³-hybridized carbons (Fsp3) is 0.222. The van der Waals surface area contributed by atoms with E-state index in [4.69, 9.17) is 10.00 Å². The van der Waals surface area contributed by atoms with E-state index in [1.54, 1.807) is 56.4 Å². The molecule has 0 aliphatic heterocycles. The van der Waals surface area contributed by atoms with Gasteiger partial charge in [0, 0.05) is 19.2 Å².